The third-order valence-electron chi connectivity index (χ3n) is 2.41. The van der Waals surface area contributed by atoms with Gasteiger partial charge in [-0.05, 0) is 0 Å². The molecule has 0 fully saturated rings. The summed E-state index contributed by atoms with van der Waals surface area (Å²) in [5.41, 5.74) is 3.23. The summed E-state index contributed by atoms with van der Waals surface area (Å²) in [5.74, 6) is 0.255. The summed E-state index contributed by atoms with van der Waals surface area (Å²) in [5, 5.41) is 0. The van der Waals surface area contributed by atoms with Gasteiger partial charge in [0.05, 0.1) is 0 Å². The average Bonchev–Trinajstić information content (AvgIpc) is 2.83. The number of rotatable bonds is 3. The molecule has 4 heteroatoms. The first-order valence-electron chi connectivity index (χ1n) is 4.69. The van der Waals surface area contributed by atoms with E-state index in [1.165, 1.54) is 10.6 Å². The van der Waals surface area contributed by atoms with Crippen molar-refractivity contribution in [1.82, 2.24) is 0 Å². The first-order valence-corrected chi connectivity index (χ1v) is 7.42. The molecule has 0 unspecified atom stereocenters. The molecular formula is C11H12NOSSe+. The summed E-state index contributed by atoms with van der Waals surface area (Å²) in [6, 6.07) is 3.92. The third kappa shape index (κ3) is 2.28. The second-order valence-corrected chi connectivity index (χ2v) is 6.44. The van der Waals surface area contributed by atoms with Crippen LogP contribution in [0.5, 0.6) is 0 Å². The summed E-state index contributed by atoms with van der Waals surface area (Å²) < 4.78 is 3.02. The Morgan fingerprint density at radius 1 is 1.53 bits per heavy atom. The standard InChI is InChI=1S/C11H12NOSSe/c1-8-9(2)14-7-12(8)6-10(13)11-4-3-5-15-11/h3-5,7H,6H2,1-2H3/q+1. The Bertz CT molecular complexity index is 473. The number of hydrogen-bond acceptors (Lipinski definition) is 2. The topological polar surface area (TPSA) is 20.9 Å². The van der Waals surface area contributed by atoms with E-state index in [2.05, 4.69) is 18.8 Å². The first kappa shape index (κ1) is 10.8. The molecule has 0 bridgehead atoms. The molecule has 0 saturated heterocycles. The van der Waals surface area contributed by atoms with Crippen molar-refractivity contribution in [2.45, 2.75) is 20.4 Å². The van der Waals surface area contributed by atoms with Gasteiger partial charge in [-0.2, -0.15) is 0 Å². The molecule has 0 atom stereocenters. The first-order chi connectivity index (χ1) is 7.18. The number of aromatic nitrogens is 1. The maximum absolute atomic E-state index is 11.9. The SMILES string of the molecule is Cc1sc[n+](CC(=O)c2ccc[se]2)c1C. The molecule has 0 saturated carbocycles. The molecule has 2 nitrogen and oxygen atoms in total. The summed E-state index contributed by atoms with van der Waals surface area (Å²) in [4.78, 5) is 15.2. The molecule has 0 aromatic carbocycles. The van der Waals surface area contributed by atoms with E-state index in [0.29, 0.717) is 6.54 Å². The molecule has 0 radical (unpaired) electrons. The van der Waals surface area contributed by atoms with Gasteiger partial charge in [-0.25, -0.2) is 0 Å². The van der Waals surface area contributed by atoms with Crippen LogP contribution in [0.25, 0.3) is 0 Å². The van der Waals surface area contributed by atoms with Crippen molar-refractivity contribution in [3.63, 3.8) is 0 Å². The number of aryl methyl sites for hydroxylation is 1. The van der Waals surface area contributed by atoms with Gasteiger partial charge in [-0.15, -0.1) is 0 Å². The van der Waals surface area contributed by atoms with Gasteiger partial charge in [0.1, 0.15) is 0 Å². The minimum absolute atomic E-state index is 0.255. The molecule has 0 amide bonds. The van der Waals surface area contributed by atoms with E-state index < -0.39 is 0 Å². The third-order valence-corrected chi connectivity index (χ3v) is 5.33. The quantitative estimate of drug-likeness (QED) is 0.476. The van der Waals surface area contributed by atoms with Gasteiger partial charge in [0, 0.05) is 0 Å². The average molecular weight is 285 g/mol. The van der Waals surface area contributed by atoms with Crippen LogP contribution >= 0.6 is 11.3 Å². The Morgan fingerprint density at radius 2 is 2.33 bits per heavy atom. The monoisotopic (exact) mass is 286 g/mol. The van der Waals surface area contributed by atoms with Gasteiger partial charge in [0.25, 0.3) is 0 Å². The predicted molar refractivity (Wildman–Crippen MR) is 61.7 cm³/mol. The van der Waals surface area contributed by atoms with Gasteiger partial charge in [-0.1, -0.05) is 0 Å². The summed E-state index contributed by atoms with van der Waals surface area (Å²) in [6.07, 6.45) is 0. The maximum atomic E-state index is 11.9. The molecule has 0 aliphatic heterocycles. The number of ketones is 1. The van der Waals surface area contributed by atoms with Crippen LogP contribution in [0.2, 0.25) is 0 Å². The van der Waals surface area contributed by atoms with Gasteiger partial charge in [0.2, 0.25) is 0 Å². The number of carbonyl (C=O) groups is 1. The van der Waals surface area contributed by atoms with Gasteiger partial charge in [-0.3, -0.25) is 0 Å². The molecule has 2 heterocycles. The second-order valence-electron chi connectivity index (χ2n) is 3.39. The number of carbonyl (C=O) groups excluding carboxylic acids is 1. The van der Waals surface area contributed by atoms with E-state index in [-0.39, 0.29) is 20.3 Å². The van der Waals surface area contributed by atoms with Crippen LogP contribution in [0.15, 0.2) is 22.6 Å². The van der Waals surface area contributed by atoms with Crippen molar-refractivity contribution in [3.8, 4) is 0 Å². The van der Waals surface area contributed by atoms with Crippen molar-refractivity contribution >= 4 is 31.6 Å². The van der Waals surface area contributed by atoms with Crippen LogP contribution in [0.1, 0.15) is 19.8 Å². The van der Waals surface area contributed by atoms with Gasteiger partial charge >= 0.3 is 99.0 Å². The van der Waals surface area contributed by atoms with E-state index in [1.807, 2.05) is 22.2 Å². The van der Waals surface area contributed by atoms with Crippen LogP contribution in [-0.4, -0.2) is 20.3 Å². The Labute approximate surface area is 98.9 Å². The molecule has 2 rings (SSSR count). The Hall–Kier alpha value is -0.701. The van der Waals surface area contributed by atoms with Gasteiger partial charge in [0.15, 0.2) is 0 Å². The molecule has 0 aliphatic rings. The zero-order chi connectivity index (χ0) is 10.8. The summed E-state index contributed by atoms with van der Waals surface area (Å²) >= 11 is 1.96. The van der Waals surface area contributed by atoms with E-state index in [0.717, 1.165) is 4.44 Å². The fourth-order valence-corrected chi connectivity index (χ4v) is 3.52. The molecule has 0 N–H and O–H groups in total. The number of hydrogen-bond donors (Lipinski definition) is 0. The molecule has 0 aliphatic carbocycles. The van der Waals surface area contributed by atoms with Crippen molar-refractivity contribution < 1.29 is 9.36 Å². The van der Waals surface area contributed by atoms with Crippen LogP contribution in [0, 0.1) is 13.8 Å². The van der Waals surface area contributed by atoms with Crippen molar-refractivity contribution in [2.75, 3.05) is 0 Å². The fourth-order valence-electron chi connectivity index (χ4n) is 1.33. The molecule has 15 heavy (non-hydrogen) atoms. The van der Waals surface area contributed by atoms with E-state index in [1.54, 1.807) is 11.3 Å². The molecule has 0 spiro atoms. The Morgan fingerprint density at radius 3 is 2.87 bits per heavy atom. The normalized spacial score (nSPS) is 10.5. The van der Waals surface area contributed by atoms with Crippen LogP contribution in [0.4, 0.5) is 0 Å². The zero-order valence-electron chi connectivity index (χ0n) is 8.69. The summed E-state index contributed by atoms with van der Waals surface area (Å²) in [6.45, 7) is 4.64. The van der Waals surface area contributed by atoms with Crippen molar-refractivity contribution in [2.24, 2.45) is 0 Å². The molecular weight excluding hydrogens is 273 g/mol. The van der Waals surface area contributed by atoms with Crippen LogP contribution in [0.3, 0.4) is 0 Å². The molecule has 2 aromatic heterocycles. The Kier molecular flexibility index (Phi) is 3.19. The van der Waals surface area contributed by atoms with Crippen LogP contribution < -0.4 is 4.57 Å². The van der Waals surface area contributed by atoms with E-state index in [4.69, 9.17) is 0 Å². The minimum atomic E-state index is 0.255. The van der Waals surface area contributed by atoms with Crippen LogP contribution in [-0.2, 0) is 6.54 Å². The zero-order valence-corrected chi connectivity index (χ0v) is 11.2. The van der Waals surface area contributed by atoms with E-state index in [9.17, 15) is 4.79 Å². The second kappa shape index (κ2) is 4.43. The number of Topliss-reactive ketones (excluding diaryl/α,β-unsaturated/α-hetero) is 1. The molecule has 78 valence electrons. The fraction of sp³-hybridized carbons (Fsp3) is 0.273. The number of thiazole rings is 1. The van der Waals surface area contributed by atoms with Gasteiger partial charge < -0.3 is 0 Å². The summed E-state index contributed by atoms with van der Waals surface area (Å²) in [7, 11) is 0. The predicted octanol–water partition coefficient (Wildman–Crippen LogP) is 1.59. The molecule has 2 aromatic rings. The Balaban J connectivity index is 2.16. The van der Waals surface area contributed by atoms with E-state index >= 15 is 0 Å². The van der Waals surface area contributed by atoms with Crippen molar-refractivity contribution in [1.29, 1.82) is 0 Å². The number of nitrogens with zero attached hydrogens (tertiary/aromatic N) is 1. The van der Waals surface area contributed by atoms with Crippen molar-refractivity contribution in [3.05, 3.63) is 37.6 Å².